The van der Waals surface area contributed by atoms with Crippen LogP contribution in [0, 0.1) is 0 Å². The highest BCUT2D eigenvalue weighted by molar-refractivity contribution is 5.93. The van der Waals surface area contributed by atoms with Gasteiger partial charge in [0.25, 0.3) is 0 Å². The highest BCUT2D eigenvalue weighted by Crippen LogP contribution is 2.36. The first-order valence-electron chi connectivity index (χ1n) is 14.2. The van der Waals surface area contributed by atoms with Gasteiger partial charge in [-0.2, -0.15) is 0 Å². The molecule has 5 aromatic carbocycles. The Hall–Kier alpha value is -5.02. The summed E-state index contributed by atoms with van der Waals surface area (Å²) in [6.45, 7) is 1.36. The fourth-order valence-electron chi connectivity index (χ4n) is 5.66. The van der Waals surface area contributed by atoms with Crippen molar-refractivity contribution in [2.45, 2.75) is 12.8 Å². The molecule has 0 aromatic heterocycles. The van der Waals surface area contributed by atoms with Gasteiger partial charge in [0.1, 0.15) is 11.5 Å². The summed E-state index contributed by atoms with van der Waals surface area (Å²) in [4.78, 5) is 2.27. The molecule has 0 bridgehead atoms. The molecule has 41 heavy (non-hydrogen) atoms. The van der Waals surface area contributed by atoms with E-state index in [1.807, 2.05) is 12.1 Å². The minimum absolute atomic E-state index is 0.682. The van der Waals surface area contributed by atoms with Crippen molar-refractivity contribution < 1.29 is 9.47 Å². The van der Waals surface area contributed by atoms with E-state index in [1.54, 1.807) is 0 Å². The van der Waals surface area contributed by atoms with Crippen molar-refractivity contribution in [1.82, 2.24) is 0 Å². The number of hydrogen-bond donors (Lipinski definition) is 0. The first kappa shape index (κ1) is 25.0. The monoisotopic (exact) mass is 533 g/mol. The van der Waals surface area contributed by atoms with Crippen LogP contribution in [0.5, 0.6) is 11.5 Å². The SMILES string of the molecule is C(=Cc1cccc2ccccc12)c1ccc(N(C=C2CCOc3ccccc32)C=C2CCOc3ccccc32)cc1. The van der Waals surface area contributed by atoms with Crippen molar-refractivity contribution in [3.63, 3.8) is 0 Å². The Kier molecular flexibility index (Phi) is 6.84. The molecule has 3 nitrogen and oxygen atoms in total. The van der Waals surface area contributed by atoms with Gasteiger partial charge in [0.05, 0.1) is 13.2 Å². The van der Waals surface area contributed by atoms with Crippen molar-refractivity contribution in [1.29, 1.82) is 0 Å². The van der Waals surface area contributed by atoms with Gasteiger partial charge < -0.3 is 14.4 Å². The molecule has 0 aliphatic carbocycles. The molecule has 2 aliphatic heterocycles. The molecule has 0 amide bonds. The Bertz CT molecular complexity index is 1720. The van der Waals surface area contributed by atoms with E-state index in [-0.39, 0.29) is 0 Å². The first-order chi connectivity index (χ1) is 20.3. The van der Waals surface area contributed by atoms with Crippen LogP contribution in [0.4, 0.5) is 5.69 Å². The largest absolute Gasteiger partial charge is 0.493 e. The van der Waals surface area contributed by atoms with Crippen molar-refractivity contribution in [2.24, 2.45) is 0 Å². The molecular formula is C38H31NO2. The lowest BCUT2D eigenvalue weighted by Gasteiger charge is -2.26. The molecule has 5 aromatic rings. The van der Waals surface area contributed by atoms with Crippen LogP contribution >= 0.6 is 0 Å². The minimum atomic E-state index is 0.682. The lowest BCUT2D eigenvalue weighted by Crippen LogP contribution is -2.15. The predicted molar refractivity (Wildman–Crippen MR) is 171 cm³/mol. The summed E-state index contributed by atoms with van der Waals surface area (Å²) in [5, 5.41) is 2.52. The van der Waals surface area contributed by atoms with Gasteiger partial charge in [0.15, 0.2) is 0 Å². The zero-order valence-corrected chi connectivity index (χ0v) is 22.9. The Labute approximate surface area is 241 Å². The number of hydrogen-bond acceptors (Lipinski definition) is 3. The number of para-hydroxylation sites is 2. The maximum atomic E-state index is 5.94. The van der Waals surface area contributed by atoms with Gasteiger partial charge in [-0.25, -0.2) is 0 Å². The molecule has 0 saturated heterocycles. The summed E-state index contributed by atoms with van der Waals surface area (Å²) in [7, 11) is 0. The van der Waals surface area contributed by atoms with Crippen LogP contribution in [0.2, 0.25) is 0 Å². The maximum absolute atomic E-state index is 5.94. The molecule has 3 heteroatoms. The van der Waals surface area contributed by atoms with Gasteiger partial charge in [0, 0.05) is 42.1 Å². The van der Waals surface area contributed by atoms with Gasteiger partial charge in [0.2, 0.25) is 0 Å². The summed E-state index contributed by atoms with van der Waals surface area (Å²) >= 11 is 0. The standard InChI is InChI=1S/C38H31NO2/c1-2-11-34-29(8-1)9-7-10-30(34)19-16-28-17-20-33(21-18-28)39(26-31-22-24-40-37-14-5-3-12-35(31)37)27-32-23-25-41-38-15-6-4-13-36(32)38/h1-21,26-27H,22-25H2. The predicted octanol–water partition coefficient (Wildman–Crippen LogP) is 9.46. The molecular weight excluding hydrogens is 502 g/mol. The summed E-state index contributed by atoms with van der Waals surface area (Å²) < 4.78 is 11.9. The molecule has 0 unspecified atom stereocenters. The number of fused-ring (bicyclic) bond motifs is 3. The van der Waals surface area contributed by atoms with Gasteiger partial charge in [-0.3, -0.25) is 0 Å². The van der Waals surface area contributed by atoms with Gasteiger partial charge in [-0.1, -0.05) is 103 Å². The normalized spacial score (nSPS) is 16.3. The smallest absolute Gasteiger partial charge is 0.126 e. The molecule has 7 rings (SSSR count). The van der Waals surface area contributed by atoms with Crippen molar-refractivity contribution in [2.75, 3.05) is 18.1 Å². The Morgan fingerprint density at radius 1 is 0.537 bits per heavy atom. The molecule has 2 heterocycles. The van der Waals surface area contributed by atoms with Crippen molar-refractivity contribution >= 4 is 39.8 Å². The summed E-state index contributed by atoms with van der Waals surface area (Å²) in [5.74, 6) is 1.89. The average molecular weight is 534 g/mol. The molecule has 0 spiro atoms. The van der Waals surface area contributed by atoms with Crippen LogP contribution in [0.3, 0.4) is 0 Å². The maximum Gasteiger partial charge on any atom is 0.126 e. The molecule has 0 saturated carbocycles. The number of benzene rings is 5. The van der Waals surface area contributed by atoms with E-state index in [1.165, 1.54) is 27.5 Å². The third-order valence-electron chi connectivity index (χ3n) is 7.78. The molecule has 200 valence electrons. The van der Waals surface area contributed by atoms with Crippen molar-refractivity contribution in [3.05, 3.63) is 150 Å². The number of rotatable bonds is 5. The highest BCUT2D eigenvalue weighted by atomic mass is 16.5. The van der Waals surface area contributed by atoms with E-state index in [2.05, 4.69) is 133 Å². The fraction of sp³-hybridized carbons (Fsp3) is 0.105. The van der Waals surface area contributed by atoms with E-state index in [0.717, 1.165) is 46.7 Å². The third-order valence-corrected chi connectivity index (χ3v) is 7.78. The van der Waals surface area contributed by atoms with Gasteiger partial charge in [-0.05, 0) is 57.3 Å². The quantitative estimate of drug-likeness (QED) is 0.210. The first-order valence-corrected chi connectivity index (χ1v) is 14.2. The number of anilines is 1. The Morgan fingerprint density at radius 2 is 1.12 bits per heavy atom. The zero-order chi connectivity index (χ0) is 27.4. The van der Waals surface area contributed by atoms with E-state index >= 15 is 0 Å². The summed E-state index contributed by atoms with van der Waals surface area (Å²) in [5.41, 5.74) is 8.34. The fourth-order valence-corrected chi connectivity index (χ4v) is 5.66. The lowest BCUT2D eigenvalue weighted by molar-refractivity contribution is 0.316. The summed E-state index contributed by atoms with van der Waals surface area (Å²) in [6, 6.07) is 40.4. The van der Waals surface area contributed by atoms with E-state index in [0.29, 0.717) is 13.2 Å². The van der Waals surface area contributed by atoms with Crippen LogP contribution in [-0.2, 0) is 0 Å². The average Bonchev–Trinajstić information content (AvgIpc) is 3.04. The van der Waals surface area contributed by atoms with Crippen LogP contribution in [-0.4, -0.2) is 13.2 Å². The minimum Gasteiger partial charge on any atom is -0.493 e. The van der Waals surface area contributed by atoms with Crippen LogP contribution < -0.4 is 14.4 Å². The van der Waals surface area contributed by atoms with Crippen molar-refractivity contribution in [3.8, 4) is 11.5 Å². The van der Waals surface area contributed by atoms with E-state index in [9.17, 15) is 0 Å². The molecule has 0 fully saturated rings. The second-order valence-corrected chi connectivity index (χ2v) is 10.4. The number of nitrogens with zero attached hydrogens (tertiary/aromatic N) is 1. The van der Waals surface area contributed by atoms with Gasteiger partial charge in [-0.15, -0.1) is 0 Å². The van der Waals surface area contributed by atoms with E-state index < -0.39 is 0 Å². The van der Waals surface area contributed by atoms with Crippen LogP contribution in [0.15, 0.2) is 128 Å². The Balaban J connectivity index is 1.25. The molecule has 2 aliphatic rings. The molecule has 0 atom stereocenters. The zero-order valence-electron chi connectivity index (χ0n) is 22.9. The summed E-state index contributed by atoms with van der Waals surface area (Å²) in [6.07, 6.45) is 10.7. The topological polar surface area (TPSA) is 21.7 Å². The molecule has 0 N–H and O–H groups in total. The third kappa shape index (κ3) is 5.27. The number of ether oxygens (including phenoxy) is 2. The second-order valence-electron chi connectivity index (χ2n) is 10.4. The second kappa shape index (κ2) is 11.2. The van der Waals surface area contributed by atoms with Crippen LogP contribution in [0.25, 0.3) is 34.1 Å². The van der Waals surface area contributed by atoms with Crippen LogP contribution in [0.1, 0.15) is 35.1 Å². The molecule has 0 radical (unpaired) electrons. The lowest BCUT2D eigenvalue weighted by atomic mass is 9.99. The highest BCUT2D eigenvalue weighted by Gasteiger charge is 2.19. The van der Waals surface area contributed by atoms with Gasteiger partial charge >= 0.3 is 0 Å². The van der Waals surface area contributed by atoms with E-state index in [4.69, 9.17) is 9.47 Å². The Morgan fingerprint density at radius 3 is 1.80 bits per heavy atom.